The molecule has 4 rings (SSSR count). The number of aryl methyl sites for hydroxylation is 1. The first-order valence-corrected chi connectivity index (χ1v) is 9.99. The molecular weight excluding hydrogens is 387 g/mol. The van der Waals surface area contributed by atoms with Gasteiger partial charge in [0.2, 0.25) is 0 Å². The smallest absolute Gasteiger partial charge is 0.253 e. The molecule has 3 heterocycles. The number of carbonyl (C=O) groups excluding carboxylic acids is 1. The average molecular weight is 406 g/mol. The quantitative estimate of drug-likeness (QED) is 0.523. The summed E-state index contributed by atoms with van der Waals surface area (Å²) in [5.41, 5.74) is 4.30. The maximum atomic E-state index is 14.2. The molecule has 0 aliphatic carbocycles. The SMILES string of the molecule is Cc1cc(C(=O)NCc2nc(-c3ccncc3)cs2)c(C)n1-c1ccccc1F. The number of hydrogen-bond acceptors (Lipinski definition) is 4. The first-order chi connectivity index (χ1) is 14.0. The highest BCUT2D eigenvalue weighted by molar-refractivity contribution is 7.09. The monoisotopic (exact) mass is 406 g/mol. The number of rotatable bonds is 5. The van der Waals surface area contributed by atoms with E-state index in [0.29, 0.717) is 23.5 Å². The zero-order chi connectivity index (χ0) is 20.4. The Labute approximate surface area is 171 Å². The molecule has 7 heteroatoms. The van der Waals surface area contributed by atoms with Crippen LogP contribution >= 0.6 is 11.3 Å². The molecule has 146 valence electrons. The summed E-state index contributed by atoms with van der Waals surface area (Å²) in [6.07, 6.45) is 3.45. The third-order valence-electron chi connectivity index (χ3n) is 4.70. The van der Waals surface area contributed by atoms with Crippen molar-refractivity contribution in [2.75, 3.05) is 0 Å². The van der Waals surface area contributed by atoms with Gasteiger partial charge in [0.05, 0.1) is 23.5 Å². The van der Waals surface area contributed by atoms with Crippen molar-refractivity contribution in [3.8, 4) is 16.9 Å². The van der Waals surface area contributed by atoms with Crippen molar-refractivity contribution in [3.05, 3.63) is 88.0 Å². The highest BCUT2D eigenvalue weighted by atomic mass is 32.1. The number of hydrogen-bond donors (Lipinski definition) is 1. The lowest BCUT2D eigenvalue weighted by Gasteiger charge is -2.11. The van der Waals surface area contributed by atoms with Crippen LogP contribution in [0.1, 0.15) is 26.8 Å². The lowest BCUT2D eigenvalue weighted by atomic mass is 10.2. The van der Waals surface area contributed by atoms with Gasteiger partial charge in [-0.25, -0.2) is 9.37 Å². The van der Waals surface area contributed by atoms with Crippen LogP contribution in [0.15, 0.2) is 60.2 Å². The molecule has 0 aliphatic heterocycles. The fourth-order valence-corrected chi connectivity index (χ4v) is 4.04. The van der Waals surface area contributed by atoms with Gasteiger partial charge in [0.15, 0.2) is 0 Å². The summed E-state index contributed by atoms with van der Waals surface area (Å²) >= 11 is 1.49. The van der Waals surface area contributed by atoms with Crippen LogP contribution in [0.25, 0.3) is 16.9 Å². The minimum atomic E-state index is -0.326. The Hall–Kier alpha value is -3.32. The standard InChI is InChI=1S/C22H19FN4OS/c1-14-11-17(15(2)27(14)20-6-4-3-5-18(20)23)22(28)25-12-21-26-19(13-29-21)16-7-9-24-10-8-16/h3-11,13H,12H2,1-2H3,(H,25,28). The molecule has 0 aliphatic rings. The fraction of sp³-hybridized carbons (Fsp3) is 0.136. The molecule has 5 nitrogen and oxygen atoms in total. The summed E-state index contributed by atoms with van der Waals surface area (Å²) in [5, 5.41) is 5.69. The van der Waals surface area contributed by atoms with Crippen LogP contribution in [0.2, 0.25) is 0 Å². The molecule has 1 aromatic carbocycles. The van der Waals surface area contributed by atoms with Gasteiger partial charge in [0, 0.05) is 34.7 Å². The van der Waals surface area contributed by atoms with Crippen LogP contribution in [0, 0.1) is 19.7 Å². The number of thiazole rings is 1. The number of carbonyl (C=O) groups is 1. The maximum absolute atomic E-state index is 14.2. The van der Waals surface area contributed by atoms with E-state index in [2.05, 4.69) is 15.3 Å². The van der Waals surface area contributed by atoms with Gasteiger partial charge in [-0.15, -0.1) is 11.3 Å². The maximum Gasteiger partial charge on any atom is 0.253 e. The van der Waals surface area contributed by atoms with E-state index in [-0.39, 0.29) is 11.7 Å². The fourth-order valence-electron chi connectivity index (χ4n) is 3.29. The molecule has 29 heavy (non-hydrogen) atoms. The molecule has 0 unspecified atom stereocenters. The van der Waals surface area contributed by atoms with Crippen molar-refractivity contribution in [3.63, 3.8) is 0 Å². The largest absolute Gasteiger partial charge is 0.345 e. The van der Waals surface area contributed by atoms with Crippen LogP contribution < -0.4 is 5.32 Å². The molecule has 0 saturated heterocycles. The minimum absolute atomic E-state index is 0.207. The second-order valence-electron chi connectivity index (χ2n) is 6.62. The Morgan fingerprint density at radius 2 is 1.93 bits per heavy atom. The molecule has 0 atom stereocenters. The lowest BCUT2D eigenvalue weighted by molar-refractivity contribution is 0.0950. The van der Waals surface area contributed by atoms with E-state index in [9.17, 15) is 9.18 Å². The number of pyridine rings is 1. The van der Waals surface area contributed by atoms with Crippen molar-refractivity contribution in [1.29, 1.82) is 0 Å². The molecule has 4 aromatic rings. The van der Waals surface area contributed by atoms with E-state index in [1.54, 1.807) is 41.2 Å². The van der Waals surface area contributed by atoms with E-state index < -0.39 is 0 Å². The highest BCUT2D eigenvalue weighted by Crippen LogP contribution is 2.24. The number of nitrogens with one attached hydrogen (secondary N) is 1. The predicted molar refractivity (Wildman–Crippen MR) is 112 cm³/mol. The van der Waals surface area contributed by atoms with Gasteiger partial charge >= 0.3 is 0 Å². The molecule has 1 amide bonds. The third-order valence-corrected chi connectivity index (χ3v) is 5.55. The molecule has 0 saturated carbocycles. The summed E-state index contributed by atoms with van der Waals surface area (Å²) in [6, 6.07) is 12.1. The van der Waals surface area contributed by atoms with Crippen LogP contribution in [0.5, 0.6) is 0 Å². The van der Waals surface area contributed by atoms with Crippen molar-refractivity contribution in [2.45, 2.75) is 20.4 Å². The molecule has 0 spiro atoms. The number of aromatic nitrogens is 3. The molecular formula is C22H19FN4OS. The van der Waals surface area contributed by atoms with Crippen LogP contribution in [-0.2, 0) is 6.54 Å². The minimum Gasteiger partial charge on any atom is -0.345 e. The van der Waals surface area contributed by atoms with Gasteiger partial charge < -0.3 is 9.88 Å². The van der Waals surface area contributed by atoms with Gasteiger partial charge in [0.1, 0.15) is 10.8 Å². The lowest BCUT2D eigenvalue weighted by Crippen LogP contribution is -2.23. The Bertz CT molecular complexity index is 1170. The summed E-state index contributed by atoms with van der Waals surface area (Å²) in [6.45, 7) is 4.01. The summed E-state index contributed by atoms with van der Waals surface area (Å²) in [5.74, 6) is -0.533. The Morgan fingerprint density at radius 1 is 1.17 bits per heavy atom. The zero-order valence-corrected chi connectivity index (χ0v) is 16.8. The third kappa shape index (κ3) is 3.82. The number of nitrogens with zero attached hydrogens (tertiary/aromatic N) is 3. The highest BCUT2D eigenvalue weighted by Gasteiger charge is 2.18. The Balaban J connectivity index is 1.51. The van der Waals surface area contributed by atoms with E-state index in [1.807, 2.05) is 31.4 Å². The van der Waals surface area contributed by atoms with E-state index >= 15 is 0 Å². The number of halogens is 1. The second kappa shape index (κ2) is 7.97. The first kappa shape index (κ1) is 19.0. The number of para-hydroxylation sites is 1. The zero-order valence-electron chi connectivity index (χ0n) is 16.0. The molecule has 1 N–H and O–H groups in total. The van der Waals surface area contributed by atoms with Gasteiger partial charge in [-0.3, -0.25) is 9.78 Å². The van der Waals surface area contributed by atoms with Gasteiger partial charge in [-0.05, 0) is 44.2 Å². The summed E-state index contributed by atoms with van der Waals surface area (Å²) in [4.78, 5) is 21.3. The number of benzene rings is 1. The second-order valence-corrected chi connectivity index (χ2v) is 7.56. The number of amides is 1. The molecule has 3 aromatic heterocycles. The Kier molecular flexibility index (Phi) is 5.22. The van der Waals surface area contributed by atoms with Crippen molar-refractivity contribution >= 4 is 17.2 Å². The molecule has 0 bridgehead atoms. The van der Waals surface area contributed by atoms with E-state index in [4.69, 9.17) is 0 Å². The van der Waals surface area contributed by atoms with Gasteiger partial charge in [-0.1, -0.05) is 12.1 Å². The van der Waals surface area contributed by atoms with Gasteiger partial charge in [0.25, 0.3) is 5.91 Å². The van der Waals surface area contributed by atoms with Crippen molar-refractivity contribution in [2.24, 2.45) is 0 Å². The molecule has 0 fully saturated rings. The van der Waals surface area contributed by atoms with Crippen molar-refractivity contribution in [1.82, 2.24) is 19.9 Å². The average Bonchev–Trinajstić information content (AvgIpc) is 3.32. The van der Waals surface area contributed by atoms with Crippen LogP contribution in [0.4, 0.5) is 4.39 Å². The van der Waals surface area contributed by atoms with Crippen LogP contribution in [0.3, 0.4) is 0 Å². The summed E-state index contributed by atoms with van der Waals surface area (Å²) in [7, 11) is 0. The van der Waals surface area contributed by atoms with Gasteiger partial charge in [-0.2, -0.15) is 0 Å². The van der Waals surface area contributed by atoms with Crippen molar-refractivity contribution < 1.29 is 9.18 Å². The topological polar surface area (TPSA) is 59.8 Å². The predicted octanol–water partition coefficient (Wildman–Crippen LogP) is 4.68. The van der Waals surface area contributed by atoms with Crippen LogP contribution in [-0.4, -0.2) is 20.4 Å². The summed E-state index contributed by atoms with van der Waals surface area (Å²) < 4.78 is 16.0. The Morgan fingerprint density at radius 3 is 2.69 bits per heavy atom. The molecule has 0 radical (unpaired) electrons. The van der Waals surface area contributed by atoms with E-state index in [0.717, 1.165) is 22.0 Å². The van der Waals surface area contributed by atoms with E-state index in [1.165, 1.54) is 17.4 Å². The first-order valence-electron chi connectivity index (χ1n) is 9.11. The normalized spacial score (nSPS) is 10.9.